The maximum atomic E-state index is 13.1. The highest BCUT2D eigenvalue weighted by Gasteiger charge is 2.25. The number of nitrogens with one attached hydrogen (secondary N) is 1. The van der Waals surface area contributed by atoms with E-state index in [1.807, 2.05) is 54.3 Å². The predicted molar refractivity (Wildman–Crippen MR) is 143 cm³/mol. The summed E-state index contributed by atoms with van der Waals surface area (Å²) >= 11 is 0. The van der Waals surface area contributed by atoms with Gasteiger partial charge in [0.15, 0.2) is 5.58 Å². The molecule has 2 aromatic carbocycles. The minimum absolute atomic E-state index is 0.0103. The Morgan fingerprint density at radius 2 is 1.81 bits per heavy atom. The van der Waals surface area contributed by atoms with E-state index in [4.69, 9.17) is 4.42 Å². The summed E-state index contributed by atoms with van der Waals surface area (Å²) in [6.07, 6.45) is 3.22. The number of hydrogen-bond donors (Lipinski definition) is 1. The molecule has 1 fully saturated rings. The summed E-state index contributed by atoms with van der Waals surface area (Å²) in [5.41, 5.74) is 4.07. The molecule has 0 bridgehead atoms. The van der Waals surface area contributed by atoms with Gasteiger partial charge < -0.3 is 19.5 Å². The van der Waals surface area contributed by atoms with Crippen molar-refractivity contribution >= 4 is 22.9 Å². The number of aromatic nitrogens is 1. The summed E-state index contributed by atoms with van der Waals surface area (Å²) in [4.78, 5) is 34.4. The first-order chi connectivity index (χ1) is 17.5. The molecule has 1 aliphatic rings. The lowest BCUT2D eigenvalue weighted by atomic mass is 9.93. The molecule has 3 aromatic rings. The van der Waals surface area contributed by atoms with Crippen molar-refractivity contribution in [3.05, 3.63) is 53.6 Å². The Kier molecular flexibility index (Phi) is 8.75. The fourth-order valence-corrected chi connectivity index (χ4v) is 4.81. The maximum Gasteiger partial charge on any atom is 0.253 e. The summed E-state index contributed by atoms with van der Waals surface area (Å²) in [6, 6.07) is 13.5. The standard InChI is InChI=1S/C29H38N4O3/c1-4-32(5-2)16-6-15-30-27(34)19-22-13-17-33(18-14-22)29(35)24-11-12-26-25(20-24)31-28(36-26)23-9-7-21(3)8-10-23/h7-12,20,22H,4-6,13-19H2,1-3H3,(H,30,34). The number of rotatable bonds is 10. The molecule has 4 rings (SSSR count). The highest BCUT2D eigenvalue weighted by Crippen LogP contribution is 2.27. The summed E-state index contributed by atoms with van der Waals surface area (Å²) in [5.74, 6) is 1.02. The van der Waals surface area contributed by atoms with Crippen LogP contribution in [0.25, 0.3) is 22.6 Å². The number of amides is 2. The van der Waals surface area contributed by atoms with Gasteiger partial charge >= 0.3 is 0 Å². The first-order valence-corrected chi connectivity index (χ1v) is 13.2. The first kappa shape index (κ1) is 25.9. The van der Waals surface area contributed by atoms with E-state index < -0.39 is 0 Å². The third-order valence-corrected chi connectivity index (χ3v) is 7.18. The second kappa shape index (κ2) is 12.2. The number of benzene rings is 2. The highest BCUT2D eigenvalue weighted by atomic mass is 16.3. The second-order valence-corrected chi connectivity index (χ2v) is 9.74. The fraction of sp³-hybridized carbons (Fsp3) is 0.483. The van der Waals surface area contributed by atoms with Crippen LogP contribution >= 0.6 is 0 Å². The highest BCUT2D eigenvalue weighted by molar-refractivity contribution is 5.97. The topological polar surface area (TPSA) is 78.7 Å². The molecule has 0 radical (unpaired) electrons. The van der Waals surface area contributed by atoms with Crippen LogP contribution in [0.3, 0.4) is 0 Å². The van der Waals surface area contributed by atoms with E-state index in [2.05, 4.69) is 29.0 Å². The maximum absolute atomic E-state index is 13.1. The number of fused-ring (bicyclic) bond motifs is 1. The molecule has 2 heterocycles. The van der Waals surface area contributed by atoms with Crippen LogP contribution in [0.2, 0.25) is 0 Å². The molecule has 0 atom stereocenters. The zero-order valence-corrected chi connectivity index (χ0v) is 21.8. The number of aryl methyl sites for hydroxylation is 1. The van der Waals surface area contributed by atoms with Crippen LogP contribution in [0, 0.1) is 12.8 Å². The Hall–Kier alpha value is -3.19. The van der Waals surface area contributed by atoms with E-state index in [0.717, 1.165) is 51.0 Å². The van der Waals surface area contributed by atoms with E-state index in [-0.39, 0.29) is 11.8 Å². The van der Waals surface area contributed by atoms with Crippen LogP contribution in [0.4, 0.5) is 0 Å². The fourth-order valence-electron chi connectivity index (χ4n) is 4.81. The summed E-state index contributed by atoms with van der Waals surface area (Å²) in [6.45, 7) is 11.5. The van der Waals surface area contributed by atoms with E-state index in [9.17, 15) is 9.59 Å². The molecule has 1 saturated heterocycles. The number of piperidine rings is 1. The first-order valence-electron chi connectivity index (χ1n) is 13.2. The Balaban J connectivity index is 1.26. The van der Waals surface area contributed by atoms with Gasteiger partial charge in [0.25, 0.3) is 5.91 Å². The quantitative estimate of drug-likeness (QED) is 0.409. The normalized spacial score (nSPS) is 14.5. The summed E-state index contributed by atoms with van der Waals surface area (Å²) < 4.78 is 5.91. The summed E-state index contributed by atoms with van der Waals surface area (Å²) in [5, 5.41) is 3.06. The lowest BCUT2D eigenvalue weighted by Gasteiger charge is -2.31. The van der Waals surface area contributed by atoms with Gasteiger partial charge in [-0.25, -0.2) is 4.98 Å². The minimum Gasteiger partial charge on any atom is -0.436 e. The smallest absolute Gasteiger partial charge is 0.253 e. The molecule has 0 spiro atoms. The van der Waals surface area contributed by atoms with E-state index in [0.29, 0.717) is 48.0 Å². The van der Waals surface area contributed by atoms with Gasteiger partial charge in [0.2, 0.25) is 11.8 Å². The molecule has 0 aliphatic carbocycles. The van der Waals surface area contributed by atoms with Gasteiger partial charge in [-0.2, -0.15) is 0 Å². The molecular formula is C29H38N4O3. The van der Waals surface area contributed by atoms with E-state index in [1.54, 1.807) is 0 Å². The van der Waals surface area contributed by atoms with E-state index in [1.165, 1.54) is 5.56 Å². The Morgan fingerprint density at radius 3 is 2.50 bits per heavy atom. The lowest BCUT2D eigenvalue weighted by molar-refractivity contribution is -0.122. The third-order valence-electron chi connectivity index (χ3n) is 7.18. The third kappa shape index (κ3) is 6.52. The molecule has 0 unspecified atom stereocenters. The molecule has 7 nitrogen and oxygen atoms in total. The van der Waals surface area contributed by atoms with Crippen molar-refractivity contribution in [2.24, 2.45) is 5.92 Å². The minimum atomic E-state index is 0.0103. The second-order valence-electron chi connectivity index (χ2n) is 9.74. The number of nitrogens with zero attached hydrogens (tertiary/aromatic N) is 3. The van der Waals surface area contributed by atoms with Gasteiger partial charge in [-0.15, -0.1) is 0 Å². The van der Waals surface area contributed by atoms with Crippen LogP contribution < -0.4 is 5.32 Å². The Labute approximate surface area is 213 Å². The molecule has 192 valence electrons. The van der Waals surface area contributed by atoms with Gasteiger partial charge in [0.1, 0.15) is 5.52 Å². The number of likely N-dealkylation sites (tertiary alicyclic amines) is 1. The van der Waals surface area contributed by atoms with Crippen molar-refractivity contribution in [2.45, 2.75) is 46.5 Å². The zero-order chi connectivity index (χ0) is 25.5. The predicted octanol–water partition coefficient (Wildman–Crippen LogP) is 4.89. The van der Waals surface area contributed by atoms with Crippen molar-refractivity contribution in [3.63, 3.8) is 0 Å². The van der Waals surface area contributed by atoms with Gasteiger partial charge in [-0.05, 0) is 82.1 Å². The van der Waals surface area contributed by atoms with Crippen molar-refractivity contribution in [1.82, 2.24) is 20.1 Å². The van der Waals surface area contributed by atoms with E-state index >= 15 is 0 Å². The van der Waals surface area contributed by atoms with Crippen molar-refractivity contribution in [2.75, 3.05) is 39.3 Å². The molecule has 1 aliphatic heterocycles. The van der Waals surface area contributed by atoms with Crippen LogP contribution in [-0.2, 0) is 4.79 Å². The molecule has 7 heteroatoms. The van der Waals surface area contributed by atoms with Crippen LogP contribution in [-0.4, -0.2) is 65.9 Å². The molecule has 2 amide bonds. The monoisotopic (exact) mass is 490 g/mol. The average Bonchev–Trinajstić information content (AvgIpc) is 3.33. The van der Waals surface area contributed by atoms with Gasteiger partial charge in [-0.1, -0.05) is 31.5 Å². The number of oxazole rings is 1. The van der Waals surface area contributed by atoms with Crippen LogP contribution in [0.5, 0.6) is 0 Å². The Bertz CT molecular complexity index is 1160. The molecule has 36 heavy (non-hydrogen) atoms. The van der Waals surface area contributed by atoms with Crippen LogP contribution in [0.1, 0.15) is 55.5 Å². The molecular weight excluding hydrogens is 452 g/mol. The van der Waals surface area contributed by atoms with Crippen molar-refractivity contribution in [1.29, 1.82) is 0 Å². The van der Waals surface area contributed by atoms with Crippen LogP contribution in [0.15, 0.2) is 46.9 Å². The SMILES string of the molecule is CCN(CC)CCCNC(=O)CC1CCN(C(=O)c2ccc3oc(-c4ccc(C)cc4)nc3c2)CC1. The number of hydrogen-bond acceptors (Lipinski definition) is 5. The Morgan fingerprint density at radius 1 is 1.08 bits per heavy atom. The number of carbonyl (C=O) groups excluding carboxylic acids is 2. The van der Waals surface area contributed by atoms with Gasteiger partial charge in [0.05, 0.1) is 0 Å². The van der Waals surface area contributed by atoms with Gasteiger partial charge in [-0.3, -0.25) is 9.59 Å². The average molecular weight is 491 g/mol. The zero-order valence-electron chi connectivity index (χ0n) is 21.8. The number of carbonyl (C=O) groups is 2. The van der Waals surface area contributed by atoms with Crippen molar-refractivity contribution < 1.29 is 14.0 Å². The summed E-state index contributed by atoms with van der Waals surface area (Å²) in [7, 11) is 0. The van der Waals surface area contributed by atoms with Crippen molar-refractivity contribution in [3.8, 4) is 11.5 Å². The lowest BCUT2D eigenvalue weighted by Crippen LogP contribution is -2.39. The molecule has 0 saturated carbocycles. The molecule has 1 aromatic heterocycles. The van der Waals surface area contributed by atoms with Gasteiger partial charge in [0, 0.05) is 37.2 Å². The largest absolute Gasteiger partial charge is 0.436 e. The molecule has 1 N–H and O–H groups in total.